The largest absolute Gasteiger partial charge is 0.363 e. The van der Waals surface area contributed by atoms with Crippen LogP contribution < -0.4 is 11.5 Å². The SMILES string of the molecule is NC(=O)C(=O)C(N)SC1CC1. The molecular formula is C6H10N2O2S. The van der Waals surface area contributed by atoms with Gasteiger partial charge in [-0.2, -0.15) is 0 Å². The Balaban J connectivity index is 2.32. The number of thioether (sulfide) groups is 1. The number of carbonyl (C=O) groups is 2. The molecule has 0 heterocycles. The van der Waals surface area contributed by atoms with E-state index in [9.17, 15) is 9.59 Å². The second-order valence-corrected chi connectivity index (χ2v) is 3.93. The Morgan fingerprint density at radius 2 is 2.00 bits per heavy atom. The normalized spacial score (nSPS) is 19.4. The minimum Gasteiger partial charge on any atom is -0.363 e. The van der Waals surface area contributed by atoms with Gasteiger partial charge in [-0.05, 0) is 12.8 Å². The Labute approximate surface area is 68.7 Å². The van der Waals surface area contributed by atoms with Crippen molar-refractivity contribution in [3.8, 4) is 0 Å². The van der Waals surface area contributed by atoms with E-state index in [4.69, 9.17) is 11.5 Å². The molecular weight excluding hydrogens is 164 g/mol. The number of carbonyl (C=O) groups excluding carboxylic acids is 2. The van der Waals surface area contributed by atoms with Crippen LogP contribution in [0, 0.1) is 0 Å². The van der Waals surface area contributed by atoms with E-state index in [-0.39, 0.29) is 0 Å². The lowest BCUT2D eigenvalue weighted by Crippen LogP contribution is -2.37. The molecule has 0 aliphatic heterocycles. The molecule has 5 heteroatoms. The summed E-state index contributed by atoms with van der Waals surface area (Å²) < 4.78 is 0. The minimum atomic E-state index is -0.939. The first-order valence-electron chi connectivity index (χ1n) is 3.36. The molecule has 0 aromatic carbocycles. The van der Waals surface area contributed by atoms with Crippen molar-refractivity contribution in [2.45, 2.75) is 23.5 Å². The van der Waals surface area contributed by atoms with E-state index in [2.05, 4.69) is 0 Å². The number of hydrogen-bond donors (Lipinski definition) is 2. The number of Topliss-reactive ketones (excluding diaryl/α,β-unsaturated/α-hetero) is 1. The summed E-state index contributed by atoms with van der Waals surface area (Å²) in [7, 11) is 0. The maximum atomic E-state index is 10.8. The first-order chi connectivity index (χ1) is 5.11. The van der Waals surface area contributed by atoms with Crippen LogP contribution in [0.25, 0.3) is 0 Å². The quantitative estimate of drug-likeness (QED) is 0.432. The molecule has 0 bridgehead atoms. The molecule has 1 aliphatic rings. The maximum Gasteiger partial charge on any atom is 0.287 e. The van der Waals surface area contributed by atoms with Gasteiger partial charge in [-0.1, -0.05) is 0 Å². The van der Waals surface area contributed by atoms with Gasteiger partial charge in [-0.25, -0.2) is 0 Å². The number of rotatable bonds is 4. The summed E-state index contributed by atoms with van der Waals surface area (Å²) in [6.07, 6.45) is 2.18. The fourth-order valence-electron chi connectivity index (χ4n) is 0.613. The Morgan fingerprint density at radius 1 is 1.45 bits per heavy atom. The number of amides is 1. The van der Waals surface area contributed by atoms with Gasteiger partial charge in [0.2, 0.25) is 5.78 Å². The van der Waals surface area contributed by atoms with E-state index in [1.807, 2.05) is 0 Å². The van der Waals surface area contributed by atoms with Crippen molar-refractivity contribution >= 4 is 23.5 Å². The van der Waals surface area contributed by atoms with Crippen molar-refractivity contribution in [2.75, 3.05) is 0 Å². The minimum absolute atomic E-state index is 0.466. The van der Waals surface area contributed by atoms with Crippen LogP contribution in [0.5, 0.6) is 0 Å². The highest BCUT2D eigenvalue weighted by atomic mass is 32.2. The average Bonchev–Trinajstić information content (AvgIpc) is 2.69. The van der Waals surface area contributed by atoms with Gasteiger partial charge in [0.15, 0.2) is 0 Å². The Morgan fingerprint density at radius 3 is 2.36 bits per heavy atom. The molecule has 1 amide bonds. The van der Waals surface area contributed by atoms with E-state index in [1.165, 1.54) is 11.8 Å². The lowest BCUT2D eigenvalue weighted by Gasteiger charge is -2.05. The lowest BCUT2D eigenvalue weighted by atomic mass is 10.4. The summed E-state index contributed by atoms with van der Waals surface area (Å²) in [6, 6.07) is 0. The molecule has 62 valence electrons. The highest BCUT2D eigenvalue weighted by Crippen LogP contribution is 2.35. The molecule has 4 N–H and O–H groups in total. The molecule has 0 spiro atoms. The lowest BCUT2D eigenvalue weighted by molar-refractivity contribution is -0.135. The van der Waals surface area contributed by atoms with Crippen molar-refractivity contribution < 1.29 is 9.59 Å². The average molecular weight is 174 g/mol. The van der Waals surface area contributed by atoms with Crippen LogP contribution in [0.15, 0.2) is 0 Å². The number of primary amides is 1. The van der Waals surface area contributed by atoms with Crippen LogP contribution in [0.4, 0.5) is 0 Å². The zero-order chi connectivity index (χ0) is 8.43. The highest BCUT2D eigenvalue weighted by Gasteiger charge is 2.29. The Bertz CT molecular complexity index is 191. The molecule has 1 aliphatic carbocycles. The van der Waals surface area contributed by atoms with Gasteiger partial charge < -0.3 is 11.5 Å². The molecule has 11 heavy (non-hydrogen) atoms. The summed E-state index contributed by atoms with van der Waals surface area (Å²) in [5.74, 6) is -1.62. The van der Waals surface area contributed by atoms with Gasteiger partial charge in [-0.15, -0.1) is 11.8 Å². The molecule has 0 radical (unpaired) electrons. The van der Waals surface area contributed by atoms with Crippen LogP contribution in [-0.4, -0.2) is 22.3 Å². The summed E-state index contributed by atoms with van der Waals surface area (Å²) in [6.45, 7) is 0. The fourth-order valence-corrected chi connectivity index (χ4v) is 1.68. The third-order valence-electron chi connectivity index (χ3n) is 1.36. The maximum absolute atomic E-state index is 10.8. The van der Waals surface area contributed by atoms with Crippen LogP contribution in [0.1, 0.15) is 12.8 Å². The second-order valence-electron chi connectivity index (χ2n) is 2.48. The zero-order valence-electron chi connectivity index (χ0n) is 5.95. The van der Waals surface area contributed by atoms with Gasteiger partial charge in [0.25, 0.3) is 5.91 Å². The predicted molar refractivity (Wildman–Crippen MR) is 42.8 cm³/mol. The molecule has 1 unspecified atom stereocenters. The molecule has 0 aromatic heterocycles. The summed E-state index contributed by atoms with van der Waals surface area (Å²) in [5.41, 5.74) is 10.1. The molecule has 1 rings (SSSR count). The zero-order valence-corrected chi connectivity index (χ0v) is 6.76. The molecule has 4 nitrogen and oxygen atoms in total. The number of hydrogen-bond acceptors (Lipinski definition) is 4. The van der Waals surface area contributed by atoms with Crippen molar-refractivity contribution in [1.29, 1.82) is 0 Å². The van der Waals surface area contributed by atoms with E-state index < -0.39 is 17.1 Å². The third kappa shape index (κ3) is 2.51. The van der Waals surface area contributed by atoms with Gasteiger partial charge in [0.05, 0.1) is 0 Å². The first kappa shape index (κ1) is 8.55. The molecule has 1 atom stereocenters. The van der Waals surface area contributed by atoms with Crippen LogP contribution in [0.3, 0.4) is 0 Å². The highest BCUT2D eigenvalue weighted by molar-refractivity contribution is 8.01. The van der Waals surface area contributed by atoms with E-state index >= 15 is 0 Å². The van der Waals surface area contributed by atoms with Gasteiger partial charge in [0, 0.05) is 5.25 Å². The Kier molecular flexibility index (Phi) is 2.51. The first-order valence-corrected chi connectivity index (χ1v) is 4.30. The monoisotopic (exact) mass is 174 g/mol. The summed E-state index contributed by atoms with van der Waals surface area (Å²) >= 11 is 1.33. The van der Waals surface area contributed by atoms with Crippen LogP contribution >= 0.6 is 11.8 Å². The molecule has 0 aromatic rings. The van der Waals surface area contributed by atoms with Crippen molar-refractivity contribution in [2.24, 2.45) is 11.5 Å². The van der Waals surface area contributed by atoms with Gasteiger partial charge >= 0.3 is 0 Å². The van der Waals surface area contributed by atoms with E-state index in [1.54, 1.807) is 0 Å². The molecule has 1 fully saturated rings. The van der Waals surface area contributed by atoms with Crippen LogP contribution in [0.2, 0.25) is 0 Å². The Hall–Kier alpha value is -0.550. The fraction of sp³-hybridized carbons (Fsp3) is 0.667. The smallest absolute Gasteiger partial charge is 0.287 e. The molecule has 1 saturated carbocycles. The van der Waals surface area contributed by atoms with Crippen molar-refractivity contribution in [3.63, 3.8) is 0 Å². The summed E-state index contributed by atoms with van der Waals surface area (Å²) in [5, 5.41) is -0.284. The van der Waals surface area contributed by atoms with Crippen LogP contribution in [-0.2, 0) is 9.59 Å². The standard InChI is InChI=1S/C6H10N2O2S/c7-5(10)4(9)6(8)11-3-1-2-3/h3,6H,1-2,8H2,(H2,7,10). The number of nitrogens with two attached hydrogens (primary N) is 2. The van der Waals surface area contributed by atoms with E-state index in [0.29, 0.717) is 5.25 Å². The van der Waals surface area contributed by atoms with E-state index in [0.717, 1.165) is 12.8 Å². The third-order valence-corrected chi connectivity index (χ3v) is 2.73. The summed E-state index contributed by atoms with van der Waals surface area (Å²) in [4.78, 5) is 21.1. The second kappa shape index (κ2) is 3.23. The van der Waals surface area contributed by atoms with Crippen molar-refractivity contribution in [3.05, 3.63) is 0 Å². The topological polar surface area (TPSA) is 86.2 Å². The predicted octanol–water partition coefficient (Wildman–Crippen LogP) is -0.779. The molecule has 0 saturated heterocycles. The number of ketones is 1. The van der Waals surface area contributed by atoms with Gasteiger partial charge in [-0.3, -0.25) is 9.59 Å². The van der Waals surface area contributed by atoms with Gasteiger partial charge in [0.1, 0.15) is 5.37 Å². The van der Waals surface area contributed by atoms with Crippen molar-refractivity contribution in [1.82, 2.24) is 0 Å².